The second-order valence-electron chi connectivity index (χ2n) is 8.61. The molecular formula is C26H29O3P. The van der Waals surface area contributed by atoms with Gasteiger partial charge in [-0.2, -0.15) is 0 Å². The largest absolute Gasteiger partial charge is 0.496 e. The van der Waals surface area contributed by atoms with Crippen molar-refractivity contribution in [1.29, 1.82) is 0 Å². The van der Waals surface area contributed by atoms with Crippen molar-refractivity contribution in [1.82, 2.24) is 0 Å². The van der Waals surface area contributed by atoms with Crippen LogP contribution in [0.2, 0.25) is 0 Å². The van der Waals surface area contributed by atoms with Gasteiger partial charge in [0.05, 0.1) is 7.11 Å². The number of carbonyl (C=O) groups excluding carboxylic acids is 1. The molecule has 156 valence electrons. The topological polar surface area (TPSA) is 43.4 Å². The van der Waals surface area contributed by atoms with E-state index in [-0.39, 0.29) is 10.9 Å². The van der Waals surface area contributed by atoms with Crippen molar-refractivity contribution in [2.45, 2.75) is 40.0 Å². The first-order chi connectivity index (χ1) is 14.1. The molecular weight excluding hydrogens is 391 g/mol. The Morgan fingerprint density at radius 1 is 0.867 bits per heavy atom. The Hall–Kier alpha value is -2.64. The highest BCUT2D eigenvalue weighted by Crippen LogP contribution is 2.49. The van der Waals surface area contributed by atoms with Crippen LogP contribution in [0, 0.1) is 13.8 Å². The van der Waals surface area contributed by atoms with Crippen LogP contribution in [0.1, 0.15) is 47.8 Å². The first-order valence-electron chi connectivity index (χ1n) is 10.1. The van der Waals surface area contributed by atoms with Crippen molar-refractivity contribution in [2.24, 2.45) is 0 Å². The Balaban J connectivity index is 2.31. The first-order valence-corrected chi connectivity index (χ1v) is 11.8. The average Bonchev–Trinajstić information content (AvgIpc) is 2.73. The van der Waals surface area contributed by atoms with Crippen LogP contribution in [0.3, 0.4) is 0 Å². The van der Waals surface area contributed by atoms with Gasteiger partial charge in [-0.25, -0.2) is 0 Å². The molecule has 3 aromatic rings. The third kappa shape index (κ3) is 3.75. The highest BCUT2D eigenvalue weighted by molar-refractivity contribution is 7.93. The van der Waals surface area contributed by atoms with Crippen LogP contribution in [0.15, 0.2) is 66.7 Å². The van der Waals surface area contributed by atoms with Crippen LogP contribution in [-0.2, 0) is 9.98 Å². The van der Waals surface area contributed by atoms with E-state index >= 15 is 0 Å². The molecule has 0 spiro atoms. The quantitative estimate of drug-likeness (QED) is 0.493. The molecule has 0 saturated heterocycles. The highest BCUT2D eigenvalue weighted by atomic mass is 31.2. The molecule has 0 bridgehead atoms. The maximum Gasteiger partial charge on any atom is 0.230 e. The van der Waals surface area contributed by atoms with E-state index in [0.717, 1.165) is 16.7 Å². The molecule has 0 fully saturated rings. The third-order valence-electron chi connectivity index (χ3n) is 5.47. The van der Waals surface area contributed by atoms with Gasteiger partial charge in [-0.1, -0.05) is 87.5 Å². The van der Waals surface area contributed by atoms with Crippen molar-refractivity contribution in [3.63, 3.8) is 0 Å². The zero-order chi connectivity index (χ0) is 22.1. The van der Waals surface area contributed by atoms with Crippen LogP contribution >= 0.6 is 7.14 Å². The number of benzene rings is 3. The van der Waals surface area contributed by atoms with Gasteiger partial charge in [0.25, 0.3) is 0 Å². The molecule has 0 amide bonds. The van der Waals surface area contributed by atoms with E-state index in [0.29, 0.717) is 21.9 Å². The SMILES string of the molecule is COc1c(C(C)(C)C)cc(C)c(C(=O)P(=O)(c2ccccc2)c2ccccc2)c1C. The van der Waals surface area contributed by atoms with Gasteiger partial charge in [-0.3, -0.25) is 4.79 Å². The summed E-state index contributed by atoms with van der Waals surface area (Å²) in [5.74, 6) is 0.684. The lowest BCUT2D eigenvalue weighted by Crippen LogP contribution is -2.24. The molecule has 3 aromatic carbocycles. The zero-order valence-corrected chi connectivity index (χ0v) is 19.4. The van der Waals surface area contributed by atoms with Gasteiger partial charge >= 0.3 is 0 Å². The van der Waals surface area contributed by atoms with Crippen LogP contribution in [0.25, 0.3) is 0 Å². The Morgan fingerprint density at radius 2 is 1.33 bits per heavy atom. The minimum Gasteiger partial charge on any atom is -0.496 e. The molecule has 0 heterocycles. The van der Waals surface area contributed by atoms with Crippen molar-refractivity contribution >= 4 is 23.3 Å². The van der Waals surface area contributed by atoms with E-state index in [9.17, 15) is 9.36 Å². The van der Waals surface area contributed by atoms with Crippen molar-refractivity contribution in [2.75, 3.05) is 7.11 Å². The van der Waals surface area contributed by atoms with Crippen molar-refractivity contribution in [3.05, 3.63) is 89.0 Å². The standard InChI is InChI=1S/C26H29O3P/c1-18-17-22(26(3,4)5)24(29-6)19(2)23(18)25(27)30(28,20-13-9-7-10-14-20)21-15-11-8-12-16-21/h7-17H,1-6H3. The molecule has 3 nitrogen and oxygen atoms in total. The first kappa shape index (κ1) is 22.1. The summed E-state index contributed by atoms with van der Waals surface area (Å²) in [6.07, 6.45) is 0. The molecule has 3 rings (SSSR count). The smallest absolute Gasteiger partial charge is 0.230 e. The Morgan fingerprint density at radius 3 is 1.73 bits per heavy atom. The van der Waals surface area contributed by atoms with Gasteiger partial charge in [0, 0.05) is 27.3 Å². The van der Waals surface area contributed by atoms with Gasteiger partial charge in [0.15, 0.2) is 0 Å². The van der Waals surface area contributed by atoms with E-state index in [2.05, 4.69) is 20.8 Å². The second-order valence-corrected chi connectivity index (χ2v) is 11.3. The molecule has 0 unspecified atom stereocenters. The molecule has 0 N–H and O–H groups in total. The monoisotopic (exact) mass is 420 g/mol. The molecule has 0 radical (unpaired) electrons. The molecule has 30 heavy (non-hydrogen) atoms. The lowest BCUT2D eigenvalue weighted by molar-refractivity contribution is 0.107. The van der Waals surface area contributed by atoms with Crippen LogP contribution in [-0.4, -0.2) is 12.6 Å². The number of rotatable bonds is 5. The summed E-state index contributed by atoms with van der Waals surface area (Å²) in [6.45, 7) is 10.1. The fourth-order valence-corrected chi connectivity index (χ4v) is 6.54. The summed E-state index contributed by atoms with van der Waals surface area (Å²) in [6, 6.07) is 20.1. The fourth-order valence-electron chi connectivity index (χ4n) is 3.93. The second kappa shape index (κ2) is 8.24. The van der Waals surface area contributed by atoms with Crippen molar-refractivity contribution in [3.8, 4) is 5.75 Å². The summed E-state index contributed by atoms with van der Waals surface area (Å²) in [5.41, 5.74) is 2.57. The van der Waals surface area contributed by atoms with Gasteiger partial charge in [0.1, 0.15) is 5.75 Å². The number of aryl methyl sites for hydroxylation is 1. The predicted molar refractivity (Wildman–Crippen MR) is 125 cm³/mol. The van der Waals surface area contributed by atoms with Gasteiger partial charge in [-0.15, -0.1) is 0 Å². The zero-order valence-electron chi connectivity index (χ0n) is 18.5. The minimum absolute atomic E-state index is 0.148. The summed E-state index contributed by atoms with van der Waals surface area (Å²) in [7, 11) is -1.95. The molecule has 0 atom stereocenters. The molecule has 0 aliphatic carbocycles. The Bertz CT molecular complexity index is 1070. The van der Waals surface area contributed by atoms with Crippen LogP contribution in [0.4, 0.5) is 0 Å². The minimum atomic E-state index is -3.57. The number of methoxy groups -OCH3 is 1. The normalized spacial score (nSPS) is 11.9. The number of carbonyl (C=O) groups is 1. The number of hydrogen-bond acceptors (Lipinski definition) is 3. The van der Waals surface area contributed by atoms with E-state index in [1.54, 1.807) is 31.4 Å². The van der Waals surface area contributed by atoms with Gasteiger partial charge in [0.2, 0.25) is 12.7 Å². The lowest BCUT2D eigenvalue weighted by Gasteiger charge is -2.27. The molecule has 4 heteroatoms. The number of hydrogen-bond donors (Lipinski definition) is 0. The summed E-state index contributed by atoms with van der Waals surface area (Å²) in [4.78, 5) is 14.0. The van der Waals surface area contributed by atoms with E-state index in [1.165, 1.54) is 0 Å². The fraction of sp³-hybridized carbons (Fsp3) is 0.269. The molecule has 0 aliphatic rings. The Labute approximate surface area is 179 Å². The lowest BCUT2D eigenvalue weighted by atomic mass is 9.83. The van der Waals surface area contributed by atoms with Crippen molar-refractivity contribution < 1.29 is 14.1 Å². The molecule has 0 aromatic heterocycles. The van der Waals surface area contributed by atoms with E-state index in [4.69, 9.17) is 4.74 Å². The van der Waals surface area contributed by atoms with Gasteiger partial charge < -0.3 is 9.30 Å². The predicted octanol–water partition coefficient (Wildman–Crippen LogP) is 5.76. The van der Waals surface area contributed by atoms with E-state index in [1.807, 2.05) is 56.3 Å². The third-order valence-corrected chi connectivity index (χ3v) is 8.31. The molecule has 0 saturated carbocycles. The summed E-state index contributed by atoms with van der Waals surface area (Å²) < 4.78 is 20.2. The van der Waals surface area contributed by atoms with E-state index < -0.39 is 7.14 Å². The van der Waals surface area contributed by atoms with Crippen LogP contribution < -0.4 is 15.3 Å². The maximum absolute atomic E-state index is 14.5. The highest BCUT2D eigenvalue weighted by Gasteiger charge is 2.39. The maximum atomic E-state index is 14.5. The summed E-state index contributed by atoms with van der Waals surface area (Å²) in [5, 5.41) is 1.08. The average molecular weight is 420 g/mol. The van der Waals surface area contributed by atoms with Gasteiger partial charge in [-0.05, 0) is 24.8 Å². The summed E-state index contributed by atoms with van der Waals surface area (Å²) >= 11 is 0. The number of ether oxygens (including phenoxy) is 1. The van der Waals surface area contributed by atoms with Crippen LogP contribution in [0.5, 0.6) is 5.75 Å². The molecule has 0 aliphatic heterocycles. The Kier molecular flexibility index (Phi) is 6.06.